The highest BCUT2D eigenvalue weighted by Gasteiger charge is 2.21. The molecule has 0 fully saturated rings. The molecule has 2 rings (SSSR count). The number of nitrogens with two attached hydrogens (primary N) is 1. The third kappa shape index (κ3) is 2.14. The maximum absolute atomic E-state index is 7.54. The van der Waals surface area contributed by atoms with Crippen LogP contribution in [0.2, 0.25) is 0 Å². The van der Waals surface area contributed by atoms with Crippen LogP contribution in [0.15, 0.2) is 16.8 Å². The summed E-state index contributed by atoms with van der Waals surface area (Å²) >= 11 is 1.63. The Labute approximate surface area is 105 Å². The van der Waals surface area contributed by atoms with E-state index in [1.54, 1.807) is 22.1 Å². The maximum Gasteiger partial charge on any atom is 0.228 e. The van der Waals surface area contributed by atoms with E-state index >= 15 is 0 Å². The van der Waals surface area contributed by atoms with Gasteiger partial charge in [-0.25, -0.2) is 4.98 Å². The van der Waals surface area contributed by atoms with E-state index in [1.807, 2.05) is 24.6 Å². The van der Waals surface area contributed by atoms with E-state index in [0.717, 1.165) is 21.1 Å². The van der Waals surface area contributed by atoms with Crippen molar-refractivity contribution in [3.63, 3.8) is 0 Å². The van der Waals surface area contributed by atoms with Crippen molar-refractivity contribution in [2.45, 2.75) is 6.92 Å². The molecule has 0 aliphatic heterocycles. The number of thiazole rings is 1. The van der Waals surface area contributed by atoms with Crippen molar-refractivity contribution >= 4 is 37.5 Å². The number of aromatic nitrogens is 1. The van der Waals surface area contributed by atoms with Gasteiger partial charge in [0.05, 0.1) is 15.1 Å². The minimum atomic E-state index is -0.0906. The molecule has 1 unspecified atom stereocenters. The molecule has 2 aromatic heterocycles. The van der Waals surface area contributed by atoms with Crippen molar-refractivity contribution in [2.24, 2.45) is 5.73 Å². The summed E-state index contributed by atoms with van der Waals surface area (Å²) < 4.78 is 0. The van der Waals surface area contributed by atoms with Crippen molar-refractivity contribution < 1.29 is 0 Å². The summed E-state index contributed by atoms with van der Waals surface area (Å²) in [6.07, 6.45) is 2.03. The van der Waals surface area contributed by atoms with E-state index in [1.165, 1.54) is 0 Å². The molecule has 0 aromatic carbocycles. The Morgan fingerprint density at radius 3 is 2.81 bits per heavy atom. The molecule has 0 aliphatic rings. The van der Waals surface area contributed by atoms with Gasteiger partial charge in [-0.1, -0.05) is 0 Å². The van der Waals surface area contributed by atoms with E-state index in [9.17, 15) is 0 Å². The number of thiophene rings is 1. The summed E-state index contributed by atoms with van der Waals surface area (Å²) in [6, 6.07) is 1.99. The molecule has 0 spiro atoms. The van der Waals surface area contributed by atoms with E-state index in [2.05, 4.69) is 10.4 Å². The first-order valence-corrected chi connectivity index (χ1v) is 8.50. The van der Waals surface area contributed by atoms with E-state index in [0.29, 0.717) is 0 Å². The minimum Gasteiger partial charge on any atom is -0.380 e. The molecule has 16 heavy (non-hydrogen) atoms. The van der Waals surface area contributed by atoms with Crippen molar-refractivity contribution in [1.29, 1.82) is 5.41 Å². The Hall–Kier alpha value is -0.850. The number of nitrogens with zero attached hydrogens (tertiary/aromatic N) is 1. The van der Waals surface area contributed by atoms with Gasteiger partial charge in [0, 0.05) is 23.4 Å². The Morgan fingerprint density at radius 2 is 2.38 bits per heavy atom. The van der Waals surface area contributed by atoms with Crippen LogP contribution in [0.25, 0.3) is 10.6 Å². The molecule has 0 aliphatic carbocycles. The molecule has 84 valence electrons. The van der Waals surface area contributed by atoms with E-state index in [4.69, 9.17) is 11.1 Å². The number of hydrogen-bond acceptors (Lipinski definition) is 4. The summed E-state index contributed by atoms with van der Waals surface area (Å²) in [7, 11) is 1.62. The molecule has 0 saturated heterocycles. The van der Waals surface area contributed by atoms with Crippen LogP contribution in [0.3, 0.4) is 0 Å². The molecule has 6 heteroatoms. The number of aryl methyl sites for hydroxylation is 1. The first-order valence-electron chi connectivity index (χ1n) is 4.60. The van der Waals surface area contributed by atoms with Gasteiger partial charge in [-0.05, 0) is 6.92 Å². The fraction of sp³-hybridized carbons (Fsp3) is 0.200. The molecule has 2 heterocycles. The summed E-state index contributed by atoms with van der Waals surface area (Å²) in [5.74, 6) is 0.164. The zero-order valence-electron chi connectivity index (χ0n) is 8.98. The third-order valence-corrected chi connectivity index (χ3v) is 6.56. The molecule has 2 aromatic rings. The topological polar surface area (TPSA) is 62.8 Å². The van der Waals surface area contributed by atoms with Crippen molar-refractivity contribution in [2.75, 3.05) is 6.26 Å². The Morgan fingerprint density at radius 1 is 1.62 bits per heavy atom. The molecule has 3 N–H and O–H groups in total. The zero-order valence-corrected chi connectivity index (χ0v) is 11.4. The van der Waals surface area contributed by atoms with Crippen molar-refractivity contribution in [1.82, 2.24) is 4.98 Å². The van der Waals surface area contributed by atoms with Gasteiger partial charge in [-0.3, -0.25) is 5.41 Å². The number of rotatable bonds is 3. The lowest BCUT2D eigenvalue weighted by molar-refractivity contribution is 1.27. The van der Waals surface area contributed by atoms with Gasteiger partial charge >= 0.3 is 0 Å². The largest absolute Gasteiger partial charge is 0.380 e. The molecule has 0 bridgehead atoms. The molecular formula is C10H12N3S3+. The highest BCUT2D eigenvalue weighted by Crippen LogP contribution is 2.41. The zero-order chi connectivity index (χ0) is 11.7. The second-order valence-electron chi connectivity index (χ2n) is 3.25. The monoisotopic (exact) mass is 270 g/mol. The average molecular weight is 270 g/mol. The molecule has 1 atom stereocenters. The summed E-state index contributed by atoms with van der Waals surface area (Å²) in [5, 5.41) is 12.7. The van der Waals surface area contributed by atoms with Crippen LogP contribution in [0, 0.1) is 12.3 Å². The van der Waals surface area contributed by atoms with Gasteiger partial charge in [0.15, 0.2) is 11.2 Å². The molecule has 0 amide bonds. The lowest BCUT2D eigenvalue weighted by atomic mass is 10.3. The fourth-order valence-corrected chi connectivity index (χ4v) is 5.02. The second-order valence-corrected chi connectivity index (χ2v) is 7.79. The van der Waals surface area contributed by atoms with Gasteiger partial charge in [-0.15, -0.1) is 11.3 Å². The minimum absolute atomic E-state index is 0.0906. The van der Waals surface area contributed by atoms with Crippen LogP contribution in [-0.2, 0) is 0 Å². The smallest absolute Gasteiger partial charge is 0.228 e. The molecule has 3 nitrogen and oxygen atoms in total. The van der Waals surface area contributed by atoms with Crippen LogP contribution in [-0.4, -0.2) is 17.1 Å². The molecule has 0 saturated carbocycles. The Kier molecular flexibility index (Phi) is 3.32. The van der Waals surface area contributed by atoms with Crippen molar-refractivity contribution in [3.8, 4) is 10.6 Å². The summed E-state index contributed by atoms with van der Waals surface area (Å²) in [4.78, 5) is 5.36. The fourth-order valence-electron chi connectivity index (χ4n) is 1.33. The first-order chi connectivity index (χ1) is 7.61. The molecular weight excluding hydrogens is 258 g/mol. The summed E-state index contributed by atoms with van der Waals surface area (Å²) in [5.41, 5.74) is 7.70. The molecule has 0 radical (unpaired) electrons. The van der Waals surface area contributed by atoms with Crippen LogP contribution >= 0.6 is 31.6 Å². The van der Waals surface area contributed by atoms with Crippen LogP contribution in [0.5, 0.6) is 0 Å². The third-order valence-electron chi connectivity index (χ3n) is 2.05. The lowest BCUT2D eigenvalue weighted by Gasteiger charge is -1.86. The SMILES string of the molecule is CS[s+]1cc(-c2nc(C)cs2)cc1C(=N)N. The number of nitrogens with one attached hydrogen (secondary N) is 1. The highest BCUT2D eigenvalue weighted by molar-refractivity contribution is 8.45. The van der Waals surface area contributed by atoms with Gasteiger partial charge in [0.25, 0.3) is 0 Å². The maximum atomic E-state index is 7.54. The van der Waals surface area contributed by atoms with Crippen molar-refractivity contribution in [3.05, 3.63) is 27.4 Å². The highest BCUT2D eigenvalue weighted by atomic mass is 33.1. The van der Waals surface area contributed by atoms with E-state index in [-0.39, 0.29) is 15.3 Å². The Bertz CT molecular complexity index is 527. The predicted molar refractivity (Wildman–Crippen MR) is 74.7 cm³/mol. The first kappa shape index (κ1) is 11.6. The number of nitrogen functional groups attached to an aromatic ring is 1. The van der Waals surface area contributed by atoms with Gasteiger partial charge < -0.3 is 5.73 Å². The van der Waals surface area contributed by atoms with Crippen LogP contribution in [0.1, 0.15) is 10.6 Å². The lowest BCUT2D eigenvalue weighted by Crippen LogP contribution is -2.09. The van der Waals surface area contributed by atoms with E-state index < -0.39 is 0 Å². The standard InChI is InChI=1S/C10H12N3S3/c1-6-4-15-10(13-6)7-3-8(9(11)12)16(5-7)14-2/h3-5H,1-2H3,(H3,11,12)/q+1. The second kappa shape index (κ2) is 4.57. The average Bonchev–Trinajstić information content (AvgIpc) is 2.82. The number of hydrogen-bond donors (Lipinski definition) is 2. The number of amidine groups is 1. The van der Waals surface area contributed by atoms with Crippen LogP contribution < -0.4 is 5.73 Å². The predicted octanol–water partition coefficient (Wildman–Crippen LogP) is 3.28. The Balaban J connectivity index is 2.47. The normalized spacial score (nSPS) is 11.8. The van der Waals surface area contributed by atoms with Gasteiger partial charge in [0.2, 0.25) is 4.88 Å². The summed E-state index contributed by atoms with van der Waals surface area (Å²) in [6.45, 7) is 1.99. The van der Waals surface area contributed by atoms with Crippen LogP contribution in [0.4, 0.5) is 0 Å². The van der Waals surface area contributed by atoms with Gasteiger partial charge in [0.1, 0.15) is 15.8 Å². The van der Waals surface area contributed by atoms with Gasteiger partial charge in [-0.2, -0.15) is 0 Å². The quantitative estimate of drug-likeness (QED) is 0.389.